The minimum atomic E-state index is -0.205. The van der Waals surface area contributed by atoms with Crippen LogP contribution in [-0.4, -0.2) is 21.7 Å². The molecule has 0 spiro atoms. The molecule has 0 unspecified atom stereocenters. The van der Waals surface area contributed by atoms with Crippen molar-refractivity contribution in [2.45, 2.75) is 45.1 Å². The zero-order valence-corrected chi connectivity index (χ0v) is 15.1. The molecule has 0 aliphatic heterocycles. The van der Waals surface area contributed by atoms with E-state index in [1.165, 1.54) is 42.9 Å². The summed E-state index contributed by atoms with van der Waals surface area (Å²) in [4.78, 5) is 25.1. The normalized spacial score (nSPS) is 32.0. The Morgan fingerprint density at radius 2 is 1.65 bits per heavy atom. The second-order valence-electron chi connectivity index (χ2n) is 8.61. The molecule has 1 heterocycles. The summed E-state index contributed by atoms with van der Waals surface area (Å²) in [6, 6.07) is 9.36. The topological polar surface area (TPSA) is 66.9 Å². The molecule has 4 aliphatic carbocycles. The molecule has 1 aromatic heterocycles. The van der Waals surface area contributed by atoms with Crippen molar-refractivity contribution in [3.63, 3.8) is 0 Å². The van der Waals surface area contributed by atoms with Gasteiger partial charge in [-0.3, -0.25) is 14.7 Å². The molecule has 4 fully saturated rings. The summed E-state index contributed by atoms with van der Waals surface area (Å²) in [6.07, 6.45) is 6.45. The number of rotatable bonds is 3. The van der Waals surface area contributed by atoms with Gasteiger partial charge in [0.15, 0.2) is 0 Å². The van der Waals surface area contributed by atoms with Gasteiger partial charge in [0, 0.05) is 12.1 Å². The van der Waals surface area contributed by atoms with Crippen molar-refractivity contribution >= 4 is 5.91 Å². The van der Waals surface area contributed by atoms with Gasteiger partial charge in [-0.15, -0.1) is 0 Å². The van der Waals surface area contributed by atoms with Gasteiger partial charge in [0.25, 0.3) is 11.5 Å². The summed E-state index contributed by atoms with van der Waals surface area (Å²) in [6.45, 7) is 2.01. The van der Waals surface area contributed by atoms with Gasteiger partial charge >= 0.3 is 0 Å². The van der Waals surface area contributed by atoms with E-state index in [1.807, 2.05) is 31.2 Å². The minimum absolute atomic E-state index is 0.148. The highest BCUT2D eigenvalue weighted by atomic mass is 16.2. The van der Waals surface area contributed by atoms with Gasteiger partial charge in [-0.25, -0.2) is 4.68 Å². The van der Waals surface area contributed by atoms with Gasteiger partial charge in [-0.1, -0.05) is 17.7 Å². The SMILES string of the molecule is Cc1ccc(-n2[nH]c(C(=O)NC3C4CC5CC(C4)CC3C5)cc2=O)cc1. The van der Waals surface area contributed by atoms with Gasteiger partial charge in [0.2, 0.25) is 0 Å². The van der Waals surface area contributed by atoms with E-state index in [-0.39, 0.29) is 17.5 Å². The lowest BCUT2D eigenvalue weighted by Gasteiger charge is -2.54. The Morgan fingerprint density at radius 3 is 2.27 bits per heavy atom. The average molecular weight is 351 g/mol. The van der Waals surface area contributed by atoms with E-state index in [9.17, 15) is 9.59 Å². The predicted molar refractivity (Wildman–Crippen MR) is 99.4 cm³/mol. The first kappa shape index (κ1) is 15.9. The van der Waals surface area contributed by atoms with Crippen molar-refractivity contribution in [3.8, 4) is 5.69 Å². The molecule has 2 N–H and O–H groups in total. The Morgan fingerprint density at radius 1 is 1.04 bits per heavy atom. The van der Waals surface area contributed by atoms with Gasteiger partial charge in [0.1, 0.15) is 5.69 Å². The zero-order valence-electron chi connectivity index (χ0n) is 15.1. The summed E-state index contributed by atoms with van der Waals surface area (Å²) in [5.41, 5.74) is 2.02. The van der Waals surface area contributed by atoms with E-state index in [0.717, 1.165) is 23.1 Å². The first-order chi connectivity index (χ1) is 12.6. The Balaban J connectivity index is 1.36. The van der Waals surface area contributed by atoms with E-state index < -0.39 is 0 Å². The predicted octanol–water partition coefficient (Wildman–Crippen LogP) is 3.03. The fourth-order valence-corrected chi connectivity index (χ4v) is 5.79. The standard InChI is InChI=1S/C21H25N3O2/c1-12-2-4-17(5-3-12)24-19(25)11-18(23-24)21(26)22-20-15-7-13-6-14(9-15)10-16(20)8-13/h2-5,11,13-16,20,23H,6-10H2,1H3,(H,22,26). The molecule has 0 saturated heterocycles. The Kier molecular flexibility index (Phi) is 3.59. The number of aromatic nitrogens is 2. The number of nitrogens with zero attached hydrogens (tertiary/aromatic N) is 1. The first-order valence-corrected chi connectivity index (χ1v) is 9.77. The highest BCUT2D eigenvalue weighted by molar-refractivity contribution is 5.92. The smallest absolute Gasteiger partial charge is 0.271 e. The van der Waals surface area contributed by atoms with Crippen LogP contribution in [0, 0.1) is 30.6 Å². The lowest BCUT2D eigenvalue weighted by molar-refractivity contribution is -0.0120. The van der Waals surface area contributed by atoms with Crippen LogP contribution in [0.15, 0.2) is 35.1 Å². The number of amides is 1. The quantitative estimate of drug-likeness (QED) is 0.893. The molecule has 26 heavy (non-hydrogen) atoms. The van der Waals surface area contributed by atoms with Crippen LogP contribution in [0.1, 0.15) is 48.2 Å². The van der Waals surface area contributed by atoms with Crippen LogP contribution < -0.4 is 10.9 Å². The largest absolute Gasteiger partial charge is 0.347 e. The number of aromatic amines is 1. The molecular formula is C21H25N3O2. The van der Waals surface area contributed by atoms with Crippen LogP contribution in [0.3, 0.4) is 0 Å². The molecule has 136 valence electrons. The molecule has 4 bridgehead atoms. The summed E-state index contributed by atoms with van der Waals surface area (Å²) in [5.74, 6) is 2.87. The molecule has 4 aliphatic rings. The van der Waals surface area contributed by atoms with E-state index >= 15 is 0 Å². The minimum Gasteiger partial charge on any atom is -0.347 e. The molecule has 6 rings (SSSR count). The summed E-state index contributed by atoms with van der Waals surface area (Å²) >= 11 is 0. The fourth-order valence-electron chi connectivity index (χ4n) is 5.79. The molecule has 0 radical (unpaired) electrons. The van der Waals surface area contributed by atoms with Crippen LogP contribution in [0.2, 0.25) is 0 Å². The maximum atomic E-state index is 12.8. The van der Waals surface area contributed by atoms with Crippen LogP contribution in [0.5, 0.6) is 0 Å². The van der Waals surface area contributed by atoms with Gasteiger partial charge in [0.05, 0.1) is 5.69 Å². The third kappa shape index (κ3) is 2.61. The zero-order chi connectivity index (χ0) is 17.8. The van der Waals surface area contributed by atoms with E-state index in [4.69, 9.17) is 0 Å². The van der Waals surface area contributed by atoms with Crippen LogP contribution in [0.25, 0.3) is 5.69 Å². The van der Waals surface area contributed by atoms with Crippen molar-refractivity contribution in [1.29, 1.82) is 0 Å². The molecule has 5 nitrogen and oxygen atoms in total. The van der Waals surface area contributed by atoms with Crippen molar-refractivity contribution in [2.24, 2.45) is 23.7 Å². The molecule has 0 atom stereocenters. The highest BCUT2D eigenvalue weighted by Gasteiger charge is 2.48. The second-order valence-corrected chi connectivity index (χ2v) is 8.61. The summed E-state index contributed by atoms with van der Waals surface area (Å²) < 4.78 is 1.44. The number of benzene rings is 1. The molecule has 4 saturated carbocycles. The van der Waals surface area contributed by atoms with E-state index in [1.54, 1.807) is 0 Å². The van der Waals surface area contributed by atoms with E-state index in [2.05, 4.69) is 10.4 Å². The van der Waals surface area contributed by atoms with Crippen molar-refractivity contribution in [1.82, 2.24) is 15.1 Å². The number of H-pyrrole nitrogens is 1. The van der Waals surface area contributed by atoms with Crippen LogP contribution in [-0.2, 0) is 0 Å². The Bertz CT molecular complexity index is 865. The van der Waals surface area contributed by atoms with Gasteiger partial charge in [-0.2, -0.15) is 0 Å². The summed E-state index contributed by atoms with van der Waals surface area (Å²) in [5, 5.41) is 6.24. The Hall–Kier alpha value is -2.30. The number of carbonyl (C=O) groups excluding carboxylic acids is 1. The van der Waals surface area contributed by atoms with Crippen molar-refractivity contribution in [3.05, 3.63) is 51.9 Å². The maximum absolute atomic E-state index is 12.8. The number of hydrogen-bond acceptors (Lipinski definition) is 2. The number of carbonyl (C=O) groups is 1. The van der Waals surface area contributed by atoms with Gasteiger partial charge < -0.3 is 5.32 Å². The summed E-state index contributed by atoms with van der Waals surface area (Å²) in [7, 11) is 0. The molecule has 1 amide bonds. The fraction of sp³-hybridized carbons (Fsp3) is 0.524. The van der Waals surface area contributed by atoms with Crippen molar-refractivity contribution in [2.75, 3.05) is 0 Å². The molecule has 2 aromatic rings. The highest BCUT2D eigenvalue weighted by Crippen LogP contribution is 2.53. The number of hydrogen-bond donors (Lipinski definition) is 2. The average Bonchev–Trinajstić information content (AvgIpc) is 3.00. The monoisotopic (exact) mass is 351 g/mol. The molecular weight excluding hydrogens is 326 g/mol. The van der Waals surface area contributed by atoms with Crippen LogP contribution >= 0.6 is 0 Å². The molecule has 1 aromatic carbocycles. The lowest BCUT2D eigenvalue weighted by atomic mass is 9.54. The number of aryl methyl sites for hydroxylation is 1. The third-order valence-electron chi connectivity index (χ3n) is 6.78. The first-order valence-electron chi connectivity index (χ1n) is 9.77. The van der Waals surface area contributed by atoms with Crippen molar-refractivity contribution < 1.29 is 4.79 Å². The number of nitrogens with one attached hydrogen (secondary N) is 2. The third-order valence-corrected chi connectivity index (χ3v) is 6.78. The second kappa shape index (κ2) is 5.86. The lowest BCUT2D eigenvalue weighted by Crippen LogP contribution is -2.55. The Labute approximate surface area is 152 Å². The van der Waals surface area contributed by atoms with E-state index in [0.29, 0.717) is 17.5 Å². The molecule has 5 heteroatoms. The van der Waals surface area contributed by atoms with Gasteiger partial charge in [-0.05, 0) is 74.8 Å². The van der Waals surface area contributed by atoms with Crippen LogP contribution in [0.4, 0.5) is 0 Å². The maximum Gasteiger partial charge on any atom is 0.271 e.